The van der Waals surface area contributed by atoms with E-state index in [-0.39, 0.29) is 12.1 Å². The molecule has 0 N–H and O–H groups in total. The number of nitrogens with zero attached hydrogens (tertiary/aromatic N) is 5. The van der Waals surface area contributed by atoms with E-state index in [4.69, 9.17) is 11.6 Å². The summed E-state index contributed by atoms with van der Waals surface area (Å²) in [6.07, 6.45) is 2.68. The van der Waals surface area contributed by atoms with Gasteiger partial charge in [0.15, 0.2) is 5.82 Å². The van der Waals surface area contributed by atoms with Crippen LogP contribution in [0.5, 0.6) is 0 Å². The number of hydrogen-bond acceptors (Lipinski definition) is 5. The molecule has 0 amide bonds. The van der Waals surface area contributed by atoms with Gasteiger partial charge in [0, 0.05) is 25.4 Å². The van der Waals surface area contributed by atoms with Crippen molar-refractivity contribution >= 4 is 17.3 Å². The van der Waals surface area contributed by atoms with Crippen LogP contribution in [0.25, 0.3) is 0 Å². The van der Waals surface area contributed by atoms with Gasteiger partial charge >= 0.3 is 0 Å². The van der Waals surface area contributed by atoms with E-state index < -0.39 is 0 Å². The molecule has 0 fully saturated rings. The molecule has 112 valence electrons. The summed E-state index contributed by atoms with van der Waals surface area (Å²) < 4.78 is 1.33. The maximum atomic E-state index is 12.1. The molecule has 2 aromatic heterocycles. The minimum Gasteiger partial charge on any atom is -0.373 e. The highest BCUT2D eigenvalue weighted by atomic mass is 35.5. The molecule has 2 aromatic rings. The molecule has 0 radical (unpaired) electrons. The molecule has 0 spiro atoms. The van der Waals surface area contributed by atoms with E-state index in [0.29, 0.717) is 11.0 Å². The monoisotopic (exact) mass is 307 g/mol. The van der Waals surface area contributed by atoms with E-state index in [2.05, 4.69) is 22.0 Å². The number of aryl methyl sites for hydroxylation is 1. The predicted molar refractivity (Wildman–Crippen MR) is 82.9 cm³/mol. The molecule has 0 atom stereocenters. The second kappa shape index (κ2) is 6.67. The highest BCUT2D eigenvalue weighted by Gasteiger charge is 2.07. The lowest BCUT2D eigenvalue weighted by Crippen LogP contribution is -2.27. The van der Waals surface area contributed by atoms with Gasteiger partial charge in [-0.1, -0.05) is 18.5 Å². The van der Waals surface area contributed by atoms with Crippen LogP contribution in [0.2, 0.25) is 5.15 Å². The van der Waals surface area contributed by atoms with Crippen molar-refractivity contribution in [1.82, 2.24) is 19.7 Å². The summed E-state index contributed by atoms with van der Waals surface area (Å²) >= 11 is 5.89. The Hall–Kier alpha value is -1.95. The maximum absolute atomic E-state index is 12.1. The zero-order chi connectivity index (χ0) is 15.4. The number of anilines is 1. The first-order valence-electron chi connectivity index (χ1n) is 6.78. The van der Waals surface area contributed by atoms with Crippen LogP contribution in [-0.4, -0.2) is 33.3 Å². The lowest BCUT2D eigenvalue weighted by Gasteiger charge is -2.17. The summed E-state index contributed by atoms with van der Waals surface area (Å²) in [7, 11) is 1.94. The van der Waals surface area contributed by atoms with Crippen LogP contribution in [0, 0.1) is 6.92 Å². The topological polar surface area (TPSA) is 63.9 Å². The Morgan fingerprint density at radius 1 is 1.33 bits per heavy atom. The van der Waals surface area contributed by atoms with Crippen molar-refractivity contribution in [1.29, 1.82) is 0 Å². The fraction of sp³-hybridized carbons (Fsp3) is 0.429. The van der Waals surface area contributed by atoms with Crippen LogP contribution < -0.4 is 10.5 Å². The van der Waals surface area contributed by atoms with E-state index in [0.717, 1.165) is 24.3 Å². The van der Waals surface area contributed by atoms with Crippen LogP contribution in [0.4, 0.5) is 5.69 Å². The average molecular weight is 308 g/mol. The second-order valence-corrected chi connectivity index (χ2v) is 5.27. The first kappa shape index (κ1) is 15.4. The average Bonchev–Trinajstić information content (AvgIpc) is 2.40. The van der Waals surface area contributed by atoms with E-state index in [1.165, 1.54) is 4.68 Å². The Morgan fingerprint density at radius 2 is 2.10 bits per heavy atom. The minimum atomic E-state index is -0.184. The maximum Gasteiger partial charge on any atom is 0.269 e. The molecule has 0 aromatic carbocycles. The fourth-order valence-electron chi connectivity index (χ4n) is 2.01. The van der Waals surface area contributed by atoms with Crippen LogP contribution >= 0.6 is 11.6 Å². The first-order chi connectivity index (χ1) is 9.99. The minimum absolute atomic E-state index is 0.184. The number of aromatic nitrogens is 4. The third kappa shape index (κ3) is 4.01. The van der Waals surface area contributed by atoms with Crippen molar-refractivity contribution in [2.24, 2.45) is 0 Å². The Labute approximate surface area is 128 Å². The van der Waals surface area contributed by atoms with Crippen LogP contribution in [0.3, 0.4) is 0 Å². The molecule has 0 aliphatic rings. The number of hydrogen-bond donors (Lipinski definition) is 0. The van der Waals surface area contributed by atoms with Gasteiger partial charge in [-0.15, -0.1) is 0 Å². The number of rotatable bonds is 5. The van der Waals surface area contributed by atoms with Crippen molar-refractivity contribution in [3.63, 3.8) is 0 Å². The Morgan fingerprint density at radius 3 is 2.71 bits per heavy atom. The van der Waals surface area contributed by atoms with Gasteiger partial charge in [0.1, 0.15) is 11.7 Å². The molecule has 0 saturated heterocycles. The van der Waals surface area contributed by atoms with Gasteiger partial charge in [0.2, 0.25) is 0 Å². The van der Waals surface area contributed by atoms with Gasteiger partial charge < -0.3 is 4.90 Å². The van der Waals surface area contributed by atoms with E-state index >= 15 is 0 Å². The normalized spacial score (nSPS) is 10.7. The van der Waals surface area contributed by atoms with Gasteiger partial charge in [0.25, 0.3) is 5.56 Å². The van der Waals surface area contributed by atoms with Crippen LogP contribution in [0.15, 0.2) is 23.1 Å². The molecular weight excluding hydrogens is 290 g/mol. The highest BCUT2D eigenvalue weighted by Crippen LogP contribution is 2.09. The first-order valence-corrected chi connectivity index (χ1v) is 7.15. The number of halogens is 1. The predicted octanol–water partition coefficient (Wildman–Crippen LogP) is 1.89. The molecule has 21 heavy (non-hydrogen) atoms. The third-order valence-corrected chi connectivity index (χ3v) is 3.21. The molecule has 0 aliphatic carbocycles. The SMILES string of the molecule is CCCN(C)c1cnn(Cc2nc(C)cc(Cl)n2)c(=O)c1. The summed E-state index contributed by atoms with van der Waals surface area (Å²) in [5, 5.41) is 4.54. The fourth-order valence-corrected chi connectivity index (χ4v) is 2.26. The summed E-state index contributed by atoms with van der Waals surface area (Å²) in [5.74, 6) is 0.476. The van der Waals surface area contributed by atoms with Crippen molar-refractivity contribution < 1.29 is 0 Å². The molecular formula is C14H18ClN5O. The molecule has 2 rings (SSSR count). The molecule has 6 nitrogen and oxygen atoms in total. The van der Waals surface area contributed by atoms with Crippen molar-refractivity contribution in [3.8, 4) is 0 Å². The highest BCUT2D eigenvalue weighted by molar-refractivity contribution is 6.29. The zero-order valence-corrected chi connectivity index (χ0v) is 13.1. The quantitative estimate of drug-likeness (QED) is 0.789. The Kier molecular flexibility index (Phi) is 4.90. The molecule has 2 heterocycles. The van der Waals surface area contributed by atoms with Gasteiger partial charge in [-0.3, -0.25) is 4.79 Å². The molecule has 0 unspecified atom stereocenters. The molecule has 0 bridgehead atoms. The van der Waals surface area contributed by atoms with Crippen molar-refractivity contribution in [2.45, 2.75) is 26.8 Å². The lowest BCUT2D eigenvalue weighted by molar-refractivity contribution is 0.611. The zero-order valence-electron chi connectivity index (χ0n) is 12.4. The van der Waals surface area contributed by atoms with E-state index in [1.54, 1.807) is 18.3 Å². The van der Waals surface area contributed by atoms with E-state index in [1.807, 2.05) is 18.9 Å². The largest absolute Gasteiger partial charge is 0.373 e. The van der Waals surface area contributed by atoms with Gasteiger partial charge in [-0.05, 0) is 19.4 Å². The van der Waals surface area contributed by atoms with Crippen molar-refractivity contribution in [3.05, 3.63) is 45.4 Å². The second-order valence-electron chi connectivity index (χ2n) is 4.88. The summed E-state index contributed by atoms with van der Waals surface area (Å²) in [6.45, 7) is 5.00. The Bertz CT molecular complexity index is 665. The van der Waals surface area contributed by atoms with Gasteiger partial charge in [-0.25, -0.2) is 14.6 Å². The lowest BCUT2D eigenvalue weighted by atomic mass is 10.3. The van der Waals surface area contributed by atoms with E-state index in [9.17, 15) is 4.79 Å². The van der Waals surface area contributed by atoms with Crippen LogP contribution in [-0.2, 0) is 6.54 Å². The summed E-state index contributed by atoms with van der Waals surface area (Å²) in [6, 6.07) is 3.24. The molecule has 0 saturated carbocycles. The molecule has 7 heteroatoms. The van der Waals surface area contributed by atoms with Gasteiger partial charge in [0.05, 0.1) is 11.9 Å². The summed E-state index contributed by atoms with van der Waals surface area (Å²) in [5.41, 5.74) is 1.38. The smallest absolute Gasteiger partial charge is 0.269 e. The molecule has 0 aliphatic heterocycles. The van der Waals surface area contributed by atoms with Gasteiger partial charge in [-0.2, -0.15) is 5.10 Å². The Balaban J connectivity index is 2.23. The van der Waals surface area contributed by atoms with Crippen molar-refractivity contribution in [2.75, 3.05) is 18.5 Å². The van der Waals surface area contributed by atoms with Crippen LogP contribution in [0.1, 0.15) is 24.9 Å². The third-order valence-electron chi connectivity index (χ3n) is 3.02. The summed E-state index contributed by atoms with van der Waals surface area (Å²) in [4.78, 5) is 22.5. The standard InChI is InChI=1S/C14H18ClN5O/c1-4-5-19(3)11-7-14(21)20(16-8-11)9-13-17-10(2)6-12(15)18-13/h6-8H,4-5,9H2,1-3H3.